The predicted octanol–water partition coefficient (Wildman–Crippen LogP) is -3.33. The Kier molecular flexibility index (Phi) is 18.7. The second kappa shape index (κ2) is 21.3. The molecule has 17 nitrogen and oxygen atoms in total. The molecule has 1 unspecified atom stereocenters. The van der Waals surface area contributed by atoms with Crippen molar-refractivity contribution in [2.24, 2.45) is 5.73 Å². The number of primary amides is 1. The molecule has 0 aromatic carbocycles. The second-order valence-electron chi connectivity index (χ2n) is 10.7. The fraction of sp³-hybridized carbons (Fsp3) is 0.769. The third-order valence-corrected chi connectivity index (χ3v) is 7.06. The average Bonchev–Trinajstić information content (AvgIpc) is 2.95. The van der Waals surface area contributed by atoms with E-state index in [0.29, 0.717) is 19.4 Å². The maximum absolute atomic E-state index is 13.2. The van der Waals surface area contributed by atoms with E-state index >= 15 is 0 Å². The molecular weight excluding hydrogens is 587 g/mol. The molecule has 1 fully saturated rings. The van der Waals surface area contributed by atoms with Crippen molar-refractivity contribution in [1.29, 1.82) is 0 Å². The highest BCUT2D eigenvalue weighted by atomic mass is 19.3. The summed E-state index contributed by atoms with van der Waals surface area (Å²) < 4.78 is 12.4. The van der Waals surface area contributed by atoms with Gasteiger partial charge < -0.3 is 31.9 Å². The minimum atomic E-state index is -1.12. The summed E-state index contributed by atoms with van der Waals surface area (Å²) in [6.07, 6.45) is 1.68. The first-order valence-corrected chi connectivity index (χ1v) is 14.5. The molecule has 0 spiro atoms. The van der Waals surface area contributed by atoms with Crippen molar-refractivity contribution in [2.75, 3.05) is 92.1 Å². The zero-order valence-corrected chi connectivity index (χ0v) is 25.5. The van der Waals surface area contributed by atoms with Crippen LogP contribution in [0.2, 0.25) is 0 Å². The van der Waals surface area contributed by atoms with Gasteiger partial charge in [0.25, 0.3) is 0 Å². The molecule has 7 N–H and O–H groups in total. The van der Waals surface area contributed by atoms with Gasteiger partial charge in [0.1, 0.15) is 18.6 Å². The first kappa shape index (κ1) is 38.6. The van der Waals surface area contributed by atoms with Crippen molar-refractivity contribution in [3.05, 3.63) is 0 Å². The third kappa shape index (κ3) is 17.0. The highest BCUT2D eigenvalue weighted by molar-refractivity contribution is 5.91. The fourth-order valence-corrected chi connectivity index (χ4v) is 4.55. The number of carbonyl (C=O) groups excluding carboxylic acids is 4. The van der Waals surface area contributed by atoms with Crippen LogP contribution in [0.3, 0.4) is 0 Å². The summed E-state index contributed by atoms with van der Waals surface area (Å²) in [5.74, 6) is -5.04. The van der Waals surface area contributed by atoms with Crippen LogP contribution in [0, 0.1) is 0 Å². The summed E-state index contributed by atoms with van der Waals surface area (Å²) in [5.41, 5.74) is 5.26. The molecule has 2 atom stereocenters. The number of aliphatic carboxylic acids is 2. The molecule has 0 aromatic rings. The van der Waals surface area contributed by atoms with Crippen LogP contribution in [0.25, 0.3) is 0 Å². The van der Waals surface area contributed by atoms with Gasteiger partial charge in [-0.15, -0.1) is 0 Å². The van der Waals surface area contributed by atoms with Gasteiger partial charge in [-0.05, 0) is 39.8 Å². The number of hydrogen-bond donors (Lipinski definition) is 6. The van der Waals surface area contributed by atoms with Crippen molar-refractivity contribution >= 4 is 35.6 Å². The van der Waals surface area contributed by atoms with Crippen LogP contribution in [-0.4, -0.2) is 170 Å². The van der Waals surface area contributed by atoms with Gasteiger partial charge in [0, 0.05) is 56.9 Å². The van der Waals surface area contributed by atoms with Gasteiger partial charge in [-0.25, -0.2) is 4.79 Å². The summed E-state index contributed by atoms with van der Waals surface area (Å²) in [6.45, 7) is 2.57. The molecule has 1 saturated heterocycles. The second-order valence-corrected chi connectivity index (χ2v) is 10.7. The number of nitrogens with two attached hydrogens (primary N) is 1. The normalized spacial score (nSPS) is 17.8. The maximum atomic E-state index is 13.2. The van der Waals surface area contributed by atoms with Crippen LogP contribution in [0.4, 0.5) is 4.53 Å². The highest BCUT2D eigenvalue weighted by Gasteiger charge is 2.25. The van der Waals surface area contributed by atoms with Gasteiger partial charge in [-0.3, -0.25) is 48.5 Å². The van der Waals surface area contributed by atoms with Crippen molar-refractivity contribution in [1.82, 2.24) is 35.6 Å². The van der Waals surface area contributed by atoms with Gasteiger partial charge >= 0.3 is 17.9 Å². The van der Waals surface area contributed by atoms with Crippen LogP contribution in [0.1, 0.15) is 26.2 Å². The smallest absolute Gasteiger partial charge is 0.362 e. The number of nitrogens with zero attached hydrogens (tertiary/aromatic N) is 4. The van der Waals surface area contributed by atoms with E-state index < -0.39 is 54.3 Å². The predicted molar refractivity (Wildman–Crippen MR) is 155 cm³/mol. The lowest BCUT2D eigenvalue weighted by Gasteiger charge is -2.33. The van der Waals surface area contributed by atoms with E-state index in [1.807, 2.05) is 0 Å². The summed E-state index contributed by atoms with van der Waals surface area (Å²) in [4.78, 5) is 81.8. The lowest BCUT2D eigenvalue weighted by Crippen LogP contribution is -2.54. The van der Waals surface area contributed by atoms with Crippen LogP contribution in [0.15, 0.2) is 0 Å². The van der Waals surface area contributed by atoms with Gasteiger partial charge in [0.05, 0.1) is 19.6 Å². The van der Waals surface area contributed by atoms with E-state index in [2.05, 4.69) is 20.9 Å². The molecule has 0 saturated carbocycles. The van der Waals surface area contributed by atoms with E-state index in [1.165, 1.54) is 6.92 Å². The van der Waals surface area contributed by atoms with E-state index in [1.54, 1.807) is 26.6 Å². The molecule has 1 heterocycles. The molecule has 0 aromatic heterocycles. The summed E-state index contributed by atoms with van der Waals surface area (Å²) in [7, 11) is 1.80. The Morgan fingerprint density at radius 3 is 1.64 bits per heavy atom. The lowest BCUT2D eigenvalue weighted by molar-refractivity contribution is -0.185. The van der Waals surface area contributed by atoms with Crippen molar-refractivity contribution in [3.63, 3.8) is 0 Å². The highest BCUT2D eigenvalue weighted by Crippen LogP contribution is 2.05. The molecule has 1 aliphatic rings. The lowest BCUT2D eigenvalue weighted by atomic mass is 10.1. The molecule has 3 amide bonds. The van der Waals surface area contributed by atoms with Crippen molar-refractivity contribution in [3.8, 4) is 0 Å². The number of unbranched alkanes of at least 4 members (excludes halogenated alkanes) is 1. The number of carboxylic acids is 2. The zero-order valence-electron chi connectivity index (χ0n) is 25.5. The zero-order chi connectivity index (χ0) is 33.1. The summed E-state index contributed by atoms with van der Waals surface area (Å²) in [6, 6.07) is -1.86. The number of hydrogen-bond acceptors (Lipinski definition) is 12. The molecular formula is C26H47FN8O9. The standard InChI is InChI=1S/C26H47FN8O9/c1-19(25(28)42)30-26(43)20(5-3-4-6-29-2)31-21(36)15-32-7-9-33(16-22(37)38)11-13-35(18-24(41)44-27)14-12-34(10-8-32)17-23(39)40/h19-20,29H,3-18H2,1-2H3,(H2,28,42)(H,30,43)(H,31,36)(H,37,38)(H,39,40)/t19-,20?/m0/s1. The molecule has 1 aliphatic heterocycles. The van der Waals surface area contributed by atoms with Crippen molar-refractivity contribution in [2.45, 2.75) is 38.3 Å². The first-order valence-electron chi connectivity index (χ1n) is 14.5. The SMILES string of the molecule is CNCCCCC(NC(=O)CN1CCN(CC(=O)O)CCN(CC(=O)OF)CCN(CC(=O)O)CC1)C(=O)N[C@@H](C)C(N)=O. The molecule has 0 radical (unpaired) electrons. The van der Waals surface area contributed by atoms with Crippen molar-refractivity contribution < 1.29 is 48.4 Å². The monoisotopic (exact) mass is 634 g/mol. The fourth-order valence-electron chi connectivity index (χ4n) is 4.55. The van der Waals surface area contributed by atoms with Crippen LogP contribution in [-0.2, 0) is 33.7 Å². The number of amides is 3. The Hall–Kier alpha value is -3.45. The van der Waals surface area contributed by atoms with Gasteiger partial charge in [0.2, 0.25) is 17.7 Å². The van der Waals surface area contributed by atoms with E-state index in [4.69, 9.17) is 5.73 Å². The number of carboxylic acid groups (broad SMARTS) is 2. The van der Waals surface area contributed by atoms with Gasteiger partial charge in [-0.2, -0.15) is 0 Å². The molecule has 0 bridgehead atoms. The minimum absolute atomic E-state index is 0.165. The van der Waals surface area contributed by atoms with E-state index in [-0.39, 0.29) is 72.0 Å². The van der Waals surface area contributed by atoms with Gasteiger partial charge in [0.15, 0.2) is 0 Å². The van der Waals surface area contributed by atoms with Crippen LogP contribution < -0.4 is 21.7 Å². The molecule has 44 heavy (non-hydrogen) atoms. The largest absolute Gasteiger partial charge is 0.480 e. The third-order valence-electron chi connectivity index (χ3n) is 7.06. The van der Waals surface area contributed by atoms with E-state index in [9.17, 15) is 43.5 Å². The number of rotatable bonds is 17. The van der Waals surface area contributed by atoms with Crippen LogP contribution >= 0.6 is 0 Å². The molecule has 1 rings (SSSR count). The van der Waals surface area contributed by atoms with Crippen LogP contribution in [0.5, 0.6) is 0 Å². The Labute approximate surface area is 256 Å². The Bertz CT molecular complexity index is 928. The molecule has 0 aliphatic carbocycles. The average molecular weight is 635 g/mol. The quantitative estimate of drug-likeness (QED) is 0.0861. The maximum Gasteiger partial charge on any atom is 0.362 e. The first-order chi connectivity index (χ1) is 20.8. The molecule has 252 valence electrons. The minimum Gasteiger partial charge on any atom is -0.480 e. The van der Waals surface area contributed by atoms with E-state index in [0.717, 1.165) is 6.42 Å². The summed E-state index contributed by atoms with van der Waals surface area (Å²) >= 11 is 0. The Morgan fingerprint density at radius 1 is 0.773 bits per heavy atom. The number of halogens is 1. The summed E-state index contributed by atoms with van der Waals surface area (Å²) in [5, 5.41) is 27.0. The number of carbonyl (C=O) groups is 6. The number of nitrogens with one attached hydrogen (secondary N) is 3. The topological polar surface area (TPSA) is 227 Å². The molecule has 18 heteroatoms. The Balaban J connectivity index is 3.06. The van der Waals surface area contributed by atoms with Gasteiger partial charge in [-0.1, -0.05) is 0 Å². The Morgan fingerprint density at radius 2 is 1.23 bits per heavy atom.